The number of hydrogen-bond acceptors (Lipinski definition) is 1. The summed E-state index contributed by atoms with van der Waals surface area (Å²) >= 11 is 0. The van der Waals surface area contributed by atoms with Crippen LogP contribution in [0.15, 0.2) is 11.6 Å². The number of aliphatic hydroxyl groups excluding tert-OH is 1. The molecule has 1 N–H and O–H groups in total. The van der Waals surface area contributed by atoms with E-state index in [2.05, 4.69) is 19.9 Å². The number of hydrogen-bond donors (Lipinski definition) is 1. The van der Waals surface area contributed by atoms with Gasteiger partial charge in [-0.1, -0.05) is 31.9 Å². The van der Waals surface area contributed by atoms with Crippen LogP contribution in [0.5, 0.6) is 0 Å². The molecule has 11 heavy (non-hydrogen) atoms. The van der Waals surface area contributed by atoms with Crippen molar-refractivity contribution in [3.8, 4) is 0 Å². The van der Waals surface area contributed by atoms with Gasteiger partial charge in [-0.15, -0.1) is 0 Å². The quantitative estimate of drug-likeness (QED) is 0.586. The highest BCUT2D eigenvalue weighted by Crippen LogP contribution is 2.11. The summed E-state index contributed by atoms with van der Waals surface area (Å²) in [6.45, 7) is 4.67. The van der Waals surface area contributed by atoms with Gasteiger partial charge in [-0.2, -0.15) is 0 Å². The van der Waals surface area contributed by atoms with Crippen LogP contribution in [0, 0.1) is 0 Å². The molecule has 0 aliphatic carbocycles. The lowest BCUT2D eigenvalue weighted by molar-refractivity contribution is 0.302. The van der Waals surface area contributed by atoms with E-state index in [-0.39, 0.29) is 6.61 Å². The summed E-state index contributed by atoms with van der Waals surface area (Å²) in [6.07, 6.45) is 7.90. The average Bonchev–Trinajstić information content (AvgIpc) is 2.05. The first-order valence-electron chi connectivity index (χ1n) is 4.63. The van der Waals surface area contributed by atoms with Crippen LogP contribution in [0.2, 0.25) is 0 Å². The van der Waals surface area contributed by atoms with E-state index >= 15 is 0 Å². The molecule has 66 valence electrons. The Kier molecular flexibility index (Phi) is 7.59. The van der Waals surface area contributed by atoms with E-state index in [1.165, 1.54) is 24.8 Å². The van der Waals surface area contributed by atoms with Crippen molar-refractivity contribution in [1.82, 2.24) is 0 Å². The van der Waals surface area contributed by atoms with Gasteiger partial charge in [0.05, 0.1) is 0 Å². The Morgan fingerprint density at radius 2 is 2.09 bits per heavy atom. The lowest BCUT2D eigenvalue weighted by atomic mass is 10.1. The minimum Gasteiger partial charge on any atom is -0.396 e. The maximum Gasteiger partial charge on any atom is 0.0465 e. The molecule has 0 bridgehead atoms. The summed E-state index contributed by atoms with van der Waals surface area (Å²) in [5, 5.41) is 8.59. The van der Waals surface area contributed by atoms with Crippen molar-refractivity contribution in [3.05, 3.63) is 11.6 Å². The second-order valence-corrected chi connectivity index (χ2v) is 2.83. The molecular formula is C10H20O. The zero-order valence-corrected chi connectivity index (χ0v) is 7.77. The van der Waals surface area contributed by atoms with Gasteiger partial charge in [0.1, 0.15) is 0 Å². The predicted molar refractivity (Wildman–Crippen MR) is 49.6 cm³/mol. The molecule has 1 heteroatoms. The smallest absolute Gasteiger partial charge is 0.0465 e. The van der Waals surface area contributed by atoms with Gasteiger partial charge in [0, 0.05) is 6.61 Å². The largest absolute Gasteiger partial charge is 0.396 e. The van der Waals surface area contributed by atoms with Crippen molar-refractivity contribution in [2.75, 3.05) is 6.61 Å². The van der Waals surface area contributed by atoms with Crippen molar-refractivity contribution < 1.29 is 5.11 Å². The second-order valence-electron chi connectivity index (χ2n) is 2.83. The molecule has 0 unspecified atom stereocenters. The molecule has 0 rings (SSSR count). The van der Waals surface area contributed by atoms with Gasteiger partial charge in [0.2, 0.25) is 0 Å². The van der Waals surface area contributed by atoms with E-state index in [1.807, 2.05) is 0 Å². The Balaban J connectivity index is 3.55. The fourth-order valence-corrected chi connectivity index (χ4v) is 1.10. The van der Waals surface area contributed by atoms with Crippen molar-refractivity contribution in [2.24, 2.45) is 0 Å². The Hall–Kier alpha value is -0.300. The van der Waals surface area contributed by atoms with Gasteiger partial charge < -0.3 is 5.11 Å². The maximum absolute atomic E-state index is 8.59. The topological polar surface area (TPSA) is 20.2 Å². The number of unbranched alkanes of at least 4 members (excludes halogenated alkanes) is 1. The van der Waals surface area contributed by atoms with Gasteiger partial charge in [-0.05, 0) is 25.7 Å². The van der Waals surface area contributed by atoms with E-state index in [9.17, 15) is 0 Å². The number of aliphatic hydroxyl groups is 1. The molecule has 0 fully saturated rings. The minimum absolute atomic E-state index is 0.287. The molecule has 0 saturated heterocycles. The molecule has 0 aromatic rings. The van der Waals surface area contributed by atoms with Gasteiger partial charge in [0.15, 0.2) is 0 Å². The first-order chi connectivity index (χ1) is 5.35. The maximum atomic E-state index is 8.59. The molecule has 0 aliphatic rings. The SMILES string of the molecule is CCCC/C(=C\CCO)CC. The molecule has 0 aliphatic heterocycles. The van der Waals surface area contributed by atoms with Crippen LogP contribution in [0.3, 0.4) is 0 Å². The minimum atomic E-state index is 0.287. The molecular weight excluding hydrogens is 136 g/mol. The van der Waals surface area contributed by atoms with E-state index in [4.69, 9.17) is 5.11 Å². The van der Waals surface area contributed by atoms with E-state index in [0.29, 0.717) is 0 Å². The Morgan fingerprint density at radius 1 is 1.36 bits per heavy atom. The highest BCUT2D eigenvalue weighted by molar-refractivity contribution is 5.00. The lowest BCUT2D eigenvalue weighted by Crippen LogP contribution is -1.84. The van der Waals surface area contributed by atoms with Crippen LogP contribution in [0.1, 0.15) is 46.0 Å². The molecule has 0 spiro atoms. The summed E-state index contributed by atoms with van der Waals surface area (Å²) in [6, 6.07) is 0. The zero-order valence-electron chi connectivity index (χ0n) is 7.77. The van der Waals surface area contributed by atoms with E-state index in [1.54, 1.807) is 0 Å². The van der Waals surface area contributed by atoms with Gasteiger partial charge in [0.25, 0.3) is 0 Å². The fraction of sp³-hybridized carbons (Fsp3) is 0.800. The van der Waals surface area contributed by atoms with Crippen molar-refractivity contribution in [2.45, 2.75) is 46.0 Å². The third kappa shape index (κ3) is 6.11. The molecule has 0 atom stereocenters. The summed E-state index contributed by atoms with van der Waals surface area (Å²) < 4.78 is 0. The Bertz CT molecular complexity index is 105. The lowest BCUT2D eigenvalue weighted by Gasteiger charge is -2.01. The molecule has 0 radical (unpaired) electrons. The fourth-order valence-electron chi connectivity index (χ4n) is 1.10. The van der Waals surface area contributed by atoms with Crippen LogP contribution < -0.4 is 0 Å². The van der Waals surface area contributed by atoms with Crippen molar-refractivity contribution in [3.63, 3.8) is 0 Å². The summed E-state index contributed by atoms with van der Waals surface area (Å²) in [4.78, 5) is 0. The highest BCUT2D eigenvalue weighted by atomic mass is 16.2. The Labute approximate surface area is 70.1 Å². The monoisotopic (exact) mass is 156 g/mol. The van der Waals surface area contributed by atoms with Crippen LogP contribution in [0.25, 0.3) is 0 Å². The van der Waals surface area contributed by atoms with Gasteiger partial charge >= 0.3 is 0 Å². The first-order valence-corrected chi connectivity index (χ1v) is 4.63. The zero-order chi connectivity index (χ0) is 8.53. The van der Waals surface area contributed by atoms with E-state index < -0.39 is 0 Å². The van der Waals surface area contributed by atoms with Crippen LogP contribution in [-0.4, -0.2) is 11.7 Å². The summed E-state index contributed by atoms with van der Waals surface area (Å²) in [5.74, 6) is 0. The molecule has 0 aromatic heterocycles. The standard InChI is InChI=1S/C10H20O/c1-3-5-7-10(4-2)8-6-9-11/h8,11H,3-7,9H2,1-2H3/b10-8-. The molecule has 1 nitrogen and oxygen atoms in total. The highest BCUT2D eigenvalue weighted by Gasteiger charge is 1.92. The van der Waals surface area contributed by atoms with E-state index in [0.717, 1.165) is 12.8 Å². The predicted octanol–water partition coefficient (Wildman–Crippen LogP) is 2.90. The number of rotatable bonds is 6. The third-order valence-electron chi connectivity index (χ3n) is 1.87. The second kappa shape index (κ2) is 7.80. The first kappa shape index (κ1) is 10.7. The summed E-state index contributed by atoms with van der Waals surface area (Å²) in [5.41, 5.74) is 1.50. The molecule has 0 amide bonds. The Morgan fingerprint density at radius 3 is 2.55 bits per heavy atom. The van der Waals surface area contributed by atoms with Crippen LogP contribution in [-0.2, 0) is 0 Å². The third-order valence-corrected chi connectivity index (χ3v) is 1.87. The number of allylic oxidation sites excluding steroid dienone is 1. The normalized spacial score (nSPS) is 12.1. The van der Waals surface area contributed by atoms with Gasteiger partial charge in [-0.3, -0.25) is 0 Å². The van der Waals surface area contributed by atoms with Crippen LogP contribution in [0.4, 0.5) is 0 Å². The van der Waals surface area contributed by atoms with Crippen molar-refractivity contribution in [1.29, 1.82) is 0 Å². The summed E-state index contributed by atoms with van der Waals surface area (Å²) in [7, 11) is 0. The average molecular weight is 156 g/mol. The van der Waals surface area contributed by atoms with Crippen molar-refractivity contribution >= 4 is 0 Å². The van der Waals surface area contributed by atoms with Crippen LogP contribution >= 0.6 is 0 Å². The molecule has 0 aromatic carbocycles. The molecule has 0 saturated carbocycles. The van der Waals surface area contributed by atoms with Gasteiger partial charge in [-0.25, -0.2) is 0 Å². The molecule has 0 heterocycles.